The van der Waals surface area contributed by atoms with Crippen molar-refractivity contribution in [2.75, 3.05) is 0 Å². The maximum absolute atomic E-state index is 5.93. The Kier molecular flexibility index (Phi) is 7.46. The summed E-state index contributed by atoms with van der Waals surface area (Å²) in [5.41, 5.74) is 20.3. The molecule has 7 aromatic carbocycles. The molecule has 9 rings (SSSR count). The lowest BCUT2D eigenvalue weighted by atomic mass is 9.69. The lowest BCUT2D eigenvalue weighted by Crippen LogP contribution is -2.26. The van der Waals surface area contributed by atoms with Crippen molar-refractivity contribution < 1.29 is 0 Å². The quantitative estimate of drug-likeness (QED) is 0.195. The van der Waals surface area contributed by atoms with E-state index in [4.69, 9.17) is 5.73 Å². The highest BCUT2D eigenvalue weighted by molar-refractivity contribution is 6.11. The summed E-state index contributed by atoms with van der Waals surface area (Å²) in [6.45, 7) is 15.1. The van der Waals surface area contributed by atoms with Crippen LogP contribution in [0.5, 0.6) is 0 Å². The predicted octanol–water partition coefficient (Wildman–Crippen LogP) is 11.9. The molecule has 7 aromatic rings. The molecule has 0 aromatic heterocycles. The van der Waals surface area contributed by atoms with Crippen LogP contribution in [0.15, 0.2) is 172 Å². The number of hydrogen-bond acceptors (Lipinski definition) is 1. The van der Waals surface area contributed by atoms with E-state index in [0.29, 0.717) is 5.70 Å². The van der Waals surface area contributed by atoms with Crippen LogP contribution in [-0.4, -0.2) is 0 Å². The monoisotopic (exact) mass is 603 g/mol. The van der Waals surface area contributed by atoms with E-state index in [2.05, 4.69) is 154 Å². The van der Waals surface area contributed by atoms with Crippen LogP contribution < -0.4 is 5.73 Å². The van der Waals surface area contributed by atoms with Gasteiger partial charge in [-0.15, -0.1) is 19.7 Å². The van der Waals surface area contributed by atoms with Crippen molar-refractivity contribution in [1.29, 1.82) is 0 Å². The van der Waals surface area contributed by atoms with Crippen LogP contribution >= 0.6 is 0 Å². The summed E-state index contributed by atoms with van der Waals surface area (Å²) in [5, 5.41) is 5.14. The number of allylic oxidation sites excluding steroid dienone is 1. The zero-order valence-electron chi connectivity index (χ0n) is 26.8. The molecule has 0 unspecified atom stereocenters. The smallest absolute Gasteiger partial charge is 0.0731 e. The summed E-state index contributed by atoms with van der Waals surface area (Å²) < 4.78 is 0. The van der Waals surface area contributed by atoms with E-state index < -0.39 is 0 Å². The number of nitrogens with two attached hydrogens (primary N) is 1. The maximum atomic E-state index is 5.93. The van der Waals surface area contributed by atoms with E-state index in [-0.39, 0.29) is 5.41 Å². The van der Waals surface area contributed by atoms with E-state index in [1.54, 1.807) is 6.08 Å². The summed E-state index contributed by atoms with van der Waals surface area (Å²) >= 11 is 0. The second-order valence-electron chi connectivity index (χ2n) is 12.0. The lowest BCUT2D eigenvalue weighted by Gasteiger charge is -2.31. The van der Waals surface area contributed by atoms with Crippen LogP contribution in [0.25, 0.3) is 60.6 Å². The Bertz CT molecular complexity index is 2290. The molecule has 0 bridgehead atoms. The maximum Gasteiger partial charge on any atom is 0.0731 e. The summed E-state index contributed by atoms with van der Waals surface area (Å²) in [5.74, 6) is 0. The zero-order valence-corrected chi connectivity index (χ0v) is 26.8. The third-order valence-corrected chi connectivity index (χ3v) is 9.54. The lowest BCUT2D eigenvalue weighted by molar-refractivity contribution is 0.802. The Balaban J connectivity index is 0.000000667. The average molecular weight is 604 g/mol. The van der Waals surface area contributed by atoms with Crippen LogP contribution in [-0.2, 0) is 5.41 Å². The van der Waals surface area contributed by atoms with Crippen molar-refractivity contribution in [3.8, 4) is 33.4 Å². The van der Waals surface area contributed by atoms with Crippen molar-refractivity contribution in [3.05, 3.63) is 200 Å². The van der Waals surface area contributed by atoms with E-state index in [1.807, 2.05) is 19.1 Å². The SMILES string of the molecule is C=C.C=C(N)c1ccc(-c2ccc3c4c(ccc3c2)-c2c(ccc3ccccc23)C42c3ccccc3-c3ccccc32)cc1.C=CC. The first-order valence-electron chi connectivity index (χ1n) is 16.0. The van der Waals surface area contributed by atoms with E-state index in [0.717, 1.165) is 5.56 Å². The van der Waals surface area contributed by atoms with Gasteiger partial charge in [0.15, 0.2) is 0 Å². The van der Waals surface area contributed by atoms with Gasteiger partial charge in [-0.3, -0.25) is 0 Å². The predicted molar refractivity (Wildman–Crippen MR) is 204 cm³/mol. The molecule has 0 amide bonds. The van der Waals surface area contributed by atoms with Crippen LogP contribution in [0.1, 0.15) is 34.7 Å². The number of hydrogen-bond donors (Lipinski definition) is 1. The Labute approximate surface area is 277 Å². The van der Waals surface area contributed by atoms with E-state index >= 15 is 0 Å². The molecule has 1 nitrogen and oxygen atoms in total. The van der Waals surface area contributed by atoms with Crippen LogP contribution in [0.4, 0.5) is 0 Å². The fraction of sp³-hybridized carbons (Fsp3) is 0.0435. The Hall–Kier alpha value is -5.92. The molecule has 47 heavy (non-hydrogen) atoms. The number of rotatable bonds is 2. The first-order chi connectivity index (χ1) is 23.1. The Morgan fingerprint density at radius 1 is 0.574 bits per heavy atom. The third-order valence-electron chi connectivity index (χ3n) is 9.54. The van der Waals surface area contributed by atoms with Crippen LogP contribution in [0.2, 0.25) is 0 Å². The Morgan fingerprint density at radius 2 is 1.15 bits per heavy atom. The second kappa shape index (κ2) is 11.8. The topological polar surface area (TPSA) is 26.0 Å². The molecule has 0 heterocycles. The molecule has 2 N–H and O–H groups in total. The number of fused-ring (bicyclic) bond motifs is 14. The average Bonchev–Trinajstić information content (AvgIpc) is 3.60. The van der Waals surface area contributed by atoms with Crippen molar-refractivity contribution in [3.63, 3.8) is 0 Å². The van der Waals surface area contributed by atoms with Gasteiger partial charge in [-0.1, -0.05) is 146 Å². The molecule has 1 spiro atoms. The zero-order chi connectivity index (χ0) is 32.7. The molecule has 226 valence electrons. The van der Waals surface area contributed by atoms with Gasteiger partial charge in [-0.2, -0.15) is 0 Å². The minimum atomic E-state index is -0.383. The van der Waals surface area contributed by atoms with Crippen molar-refractivity contribution in [2.45, 2.75) is 12.3 Å². The summed E-state index contributed by atoms with van der Waals surface area (Å²) in [6.07, 6.45) is 1.75. The van der Waals surface area contributed by atoms with E-state index in [9.17, 15) is 0 Å². The molecule has 2 aliphatic rings. The van der Waals surface area contributed by atoms with Crippen LogP contribution in [0, 0.1) is 0 Å². The van der Waals surface area contributed by atoms with Gasteiger partial charge in [0.05, 0.1) is 5.41 Å². The first kappa shape index (κ1) is 29.8. The fourth-order valence-electron chi connectivity index (χ4n) is 7.80. The Morgan fingerprint density at radius 3 is 1.81 bits per heavy atom. The fourth-order valence-corrected chi connectivity index (χ4v) is 7.80. The van der Waals surface area contributed by atoms with Gasteiger partial charge in [-0.25, -0.2) is 0 Å². The molecule has 0 radical (unpaired) electrons. The third kappa shape index (κ3) is 4.31. The van der Waals surface area contributed by atoms with Crippen molar-refractivity contribution in [1.82, 2.24) is 0 Å². The summed E-state index contributed by atoms with van der Waals surface area (Å²) in [4.78, 5) is 0. The first-order valence-corrected chi connectivity index (χ1v) is 16.0. The molecule has 2 aliphatic carbocycles. The van der Waals surface area contributed by atoms with Gasteiger partial charge in [0, 0.05) is 5.70 Å². The molecular weight excluding hydrogens is 567 g/mol. The largest absolute Gasteiger partial charge is 0.399 e. The standard InChI is InChI=1S/C41H27N.C3H6.C2H4/c1-25(42)26-14-16-27(17-15-26)29-18-21-32-30(24-29)19-22-35-39-31-9-3-2-8-28(31)20-23-38(39)41(40(32)35)36-12-6-4-10-33(36)34-11-5-7-13-37(34)41;1-3-2;1-2/h2-24H,1,42H2;3H,1H2,2H3;1-2H2. The van der Waals surface area contributed by atoms with Gasteiger partial charge >= 0.3 is 0 Å². The second-order valence-corrected chi connectivity index (χ2v) is 12.0. The molecule has 0 saturated heterocycles. The minimum Gasteiger partial charge on any atom is -0.399 e. The molecular formula is C46H37N. The molecule has 1 heteroatoms. The summed E-state index contributed by atoms with van der Waals surface area (Å²) in [7, 11) is 0. The highest BCUT2D eigenvalue weighted by Crippen LogP contribution is 2.65. The molecule has 0 atom stereocenters. The normalized spacial score (nSPS) is 12.5. The molecule has 0 fully saturated rings. The van der Waals surface area contributed by atoms with Gasteiger partial charge in [0.2, 0.25) is 0 Å². The highest BCUT2D eigenvalue weighted by atomic mass is 14.6. The van der Waals surface area contributed by atoms with Crippen molar-refractivity contribution >= 4 is 27.2 Å². The number of benzene rings is 7. The molecule has 0 aliphatic heterocycles. The minimum absolute atomic E-state index is 0.383. The summed E-state index contributed by atoms with van der Waals surface area (Å²) in [6, 6.07) is 51.6. The molecule has 0 saturated carbocycles. The van der Waals surface area contributed by atoms with Gasteiger partial charge in [0.25, 0.3) is 0 Å². The van der Waals surface area contributed by atoms with Gasteiger partial charge < -0.3 is 5.73 Å². The highest BCUT2D eigenvalue weighted by Gasteiger charge is 2.52. The van der Waals surface area contributed by atoms with E-state index in [1.165, 1.54) is 77.2 Å². The van der Waals surface area contributed by atoms with Crippen molar-refractivity contribution in [2.24, 2.45) is 5.73 Å². The van der Waals surface area contributed by atoms with Gasteiger partial charge in [0.1, 0.15) is 0 Å². The van der Waals surface area contributed by atoms with Crippen LogP contribution in [0.3, 0.4) is 0 Å². The van der Waals surface area contributed by atoms with Gasteiger partial charge in [-0.05, 0) is 95.7 Å².